The second-order valence-corrected chi connectivity index (χ2v) is 10.7. The Morgan fingerprint density at radius 2 is 1.59 bits per heavy atom. The molecule has 0 saturated heterocycles. The number of para-hydroxylation sites is 1. The van der Waals surface area contributed by atoms with Crippen LogP contribution in [-0.2, 0) is 28.0 Å². The molecule has 1 heterocycles. The first-order valence-electron chi connectivity index (χ1n) is 11.7. The molecule has 8 nitrogen and oxygen atoms in total. The van der Waals surface area contributed by atoms with Gasteiger partial charge >= 0.3 is 6.18 Å². The number of rotatable bonds is 7. The van der Waals surface area contributed by atoms with Crippen LogP contribution in [0.2, 0.25) is 0 Å². The molecule has 1 N–H and O–H groups in total. The lowest BCUT2D eigenvalue weighted by atomic mass is 10.2. The van der Waals surface area contributed by atoms with Gasteiger partial charge in [-0.1, -0.05) is 42.0 Å². The van der Waals surface area contributed by atoms with E-state index in [2.05, 4.69) is 5.32 Å². The SMILES string of the molecule is Cc1ccc(S(=O)(=O)N(CC(=O)Nc2c(C)n(C)n(-c3ccccc3)c2=O)c2cccc(C(F)(F)F)c2)cc1. The van der Waals surface area contributed by atoms with Gasteiger partial charge in [-0.15, -0.1) is 0 Å². The maximum absolute atomic E-state index is 13.6. The number of hydrogen-bond donors (Lipinski definition) is 1. The standard InChI is InChI=1S/C27H25F3N4O4S/c1-18-12-14-23(15-13-18)39(37,38)33(22-11-7-8-20(16-22)27(28,29)30)17-24(35)31-25-19(2)32(3)34(26(25)36)21-9-5-4-6-10-21/h4-16H,17H2,1-3H3,(H,31,35). The van der Waals surface area contributed by atoms with Gasteiger partial charge in [0.1, 0.15) is 12.2 Å². The highest BCUT2D eigenvalue weighted by molar-refractivity contribution is 7.92. The fourth-order valence-electron chi connectivity index (χ4n) is 4.01. The highest BCUT2D eigenvalue weighted by atomic mass is 32.2. The summed E-state index contributed by atoms with van der Waals surface area (Å²) >= 11 is 0. The molecule has 3 aromatic carbocycles. The van der Waals surface area contributed by atoms with Crippen molar-refractivity contribution in [2.75, 3.05) is 16.2 Å². The van der Waals surface area contributed by atoms with E-state index in [1.807, 2.05) is 0 Å². The summed E-state index contributed by atoms with van der Waals surface area (Å²) in [7, 11) is -2.85. The molecule has 0 spiro atoms. The van der Waals surface area contributed by atoms with Crippen molar-refractivity contribution < 1.29 is 26.4 Å². The molecule has 0 saturated carbocycles. The molecule has 39 heavy (non-hydrogen) atoms. The summed E-state index contributed by atoms with van der Waals surface area (Å²) in [5.41, 5.74) is -0.359. The molecular weight excluding hydrogens is 533 g/mol. The number of nitrogens with zero attached hydrogens (tertiary/aromatic N) is 3. The van der Waals surface area contributed by atoms with Crippen molar-refractivity contribution in [1.82, 2.24) is 9.36 Å². The minimum absolute atomic E-state index is 0.0805. The molecule has 0 aliphatic carbocycles. The van der Waals surface area contributed by atoms with Crippen molar-refractivity contribution in [3.63, 3.8) is 0 Å². The number of hydrogen-bond acceptors (Lipinski definition) is 4. The quantitative estimate of drug-likeness (QED) is 0.358. The predicted molar refractivity (Wildman–Crippen MR) is 142 cm³/mol. The zero-order valence-corrected chi connectivity index (χ0v) is 22.0. The van der Waals surface area contributed by atoms with Gasteiger partial charge in [-0.3, -0.25) is 18.6 Å². The lowest BCUT2D eigenvalue weighted by molar-refractivity contribution is -0.137. The molecular formula is C27H25F3N4O4S. The molecule has 0 bridgehead atoms. The number of aryl methyl sites for hydroxylation is 1. The zero-order valence-electron chi connectivity index (χ0n) is 21.2. The highest BCUT2D eigenvalue weighted by Crippen LogP contribution is 2.33. The van der Waals surface area contributed by atoms with Gasteiger partial charge in [0.2, 0.25) is 5.91 Å². The Hall–Kier alpha value is -4.32. The zero-order chi connectivity index (χ0) is 28.5. The molecule has 0 aliphatic heterocycles. The molecule has 0 fully saturated rings. The van der Waals surface area contributed by atoms with Crippen LogP contribution >= 0.6 is 0 Å². The maximum Gasteiger partial charge on any atom is 0.416 e. The average Bonchev–Trinajstić information content (AvgIpc) is 3.10. The van der Waals surface area contributed by atoms with Crippen LogP contribution in [0.3, 0.4) is 0 Å². The van der Waals surface area contributed by atoms with Crippen LogP contribution in [0.15, 0.2) is 88.6 Å². The van der Waals surface area contributed by atoms with E-state index >= 15 is 0 Å². The van der Waals surface area contributed by atoms with Gasteiger partial charge in [-0.25, -0.2) is 13.1 Å². The number of sulfonamides is 1. The van der Waals surface area contributed by atoms with Gasteiger partial charge in [0.15, 0.2) is 0 Å². The number of amides is 1. The van der Waals surface area contributed by atoms with Crippen LogP contribution < -0.4 is 15.2 Å². The molecule has 0 aliphatic rings. The molecule has 1 aromatic heterocycles. The number of anilines is 2. The number of aromatic nitrogens is 2. The largest absolute Gasteiger partial charge is 0.416 e. The average molecular weight is 559 g/mol. The molecule has 0 atom stereocenters. The molecule has 4 aromatic rings. The van der Waals surface area contributed by atoms with Crippen molar-refractivity contribution in [3.8, 4) is 5.69 Å². The van der Waals surface area contributed by atoms with Crippen molar-refractivity contribution in [2.45, 2.75) is 24.9 Å². The minimum atomic E-state index is -4.73. The lowest BCUT2D eigenvalue weighted by Gasteiger charge is -2.25. The van der Waals surface area contributed by atoms with Crippen LogP contribution in [0, 0.1) is 13.8 Å². The topological polar surface area (TPSA) is 93.4 Å². The maximum atomic E-state index is 13.6. The lowest BCUT2D eigenvalue weighted by Crippen LogP contribution is -2.39. The van der Waals surface area contributed by atoms with Gasteiger partial charge in [0.25, 0.3) is 15.6 Å². The summed E-state index contributed by atoms with van der Waals surface area (Å²) in [6.45, 7) is 2.47. The van der Waals surface area contributed by atoms with Crippen LogP contribution in [0.1, 0.15) is 16.8 Å². The monoisotopic (exact) mass is 558 g/mol. The molecule has 0 radical (unpaired) electrons. The first-order chi connectivity index (χ1) is 18.3. The molecule has 204 valence electrons. The molecule has 4 rings (SSSR count). The normalized spacial score (nSPS) is 11.8. The van der Waals surface area contributed by atoms with Crippen LogP contribution in [0.25, 0.3) is 5.69 Å². The Balaban J connectivity index is 1.74. The van der Waals surface area contributed by atoms with E-state index in [-0.39, 0.29) is 16.3 Å². The van der Waals surface area contributed by atoms with Gasteiger partial charge in [0.05, 0.1) is 27.5 Å². The van der Waals surface area contributed by atoms with Crippen molar-refractivity contribution in [3.05, 3.63) is 106 Å². The third-order valence-corrected chi connectivity index (χ3v) is 7.96. The number of benzene rings is 3. The van der Waals surface area contributed by atoms with E-state index in [4.69, 9.17) is 0 Å². The van der Waals surface area contributed by atoms with Gasteiger partial charge in [-0.2, -0.15) is 13.2 Å². The summed E-state index contributed by atoms with van der Waals surface area (Å²) in [6.07, 6.45) is -4.73. The van der Waals surface area contributed by atoms with E-state index in [1.165, 1.54) is 39.7 Å². The van der Waals surface area contributed by atoms with Gasteiger partial charge < -0.3 is 5.32 Å². The van der Waals surface area contributed by atoms with Gasteiger partial charge in [-0.05, 0) is 56.3 Å². The smallest absolute Gasteiger partial charge is 0.318 e. The Labute approximate surface area is 222 Å². The Morgan fingerprint density at radius 3 is 2.21 bits per heavy atom. The summed E-state index contributed by atoms with van der Waals surface area (Å²) in [5.74, 6) is -0.908. The summed E-state index contributed by atoms with van der Waals surface area (Å²) in [5, 5.41) is 2.47. The predicted octanol–water partition coefficient (Wildman–Crippen LogP) is 4.65. The Kier molecular flexibility index (Phi) is 7.42. The first kappa shape index (κ1) is 27.7. The second kappa shape index (κ2) is 10.4. The summed E-state index contributed by atoms with van der Waals surface area (Å²) in [6, 6.07) is 18.1. The van der Waals surface area contributed by atoms with Crippen LogP contribution in [-0.4, -0.2) is 30.2 Å². The Morgan fingerprint density at radius 1 is 0.949 bits per heavy atom. The first-order valence-corrected chi connectivity index (χ1v) is 13.2. The van der Waals surface area contributed by atoms with Crippen molar-refractivity contribution in [2.24, 2.45) is 7.05 Å². The van der Waals surface area contributed by atoms with E-state index in [0.29, 0.717) is 21.8 Å². The Bertz CT molecular complexity index is 1680. The number of carbonyl (C=O) groups is 1. The molecule has 12 heteroatoms. The van der Waals surface area contributed by atoms with E-state index in [9.17, 15) is 31.2 Å². The molecule has 1 amide bonds. The fraction of sp³-hybridized carbons (Fsp3) is 0.185. The van der Waals surface area contributed by atoms with Gasteiger partial charge in [0, 0.05) is 7.05 Å². The third kappa shape index (κ3) is 5.60. The van der Waals surface area contributed by atoms with E-state index in [1.54, 1.807) is 51.2 Å². The highest BCUT2D eigenvalue weighted by Gasteiger charge is 2.33. The number of carbonyl (C=O) groups excluding carboxylic acids is 1. The number of alkyl halides is 3. The second-order valence-electron chi connectivity index (χ2n) is 8.86. The van der Waals surface area contributed by atoms with E-state index in [0.717, 1.165) is 17.7 Å². The fourth-order valence-corrected chi connectivity index (χ4v) is 5.42. The summed E-state index contributed by atoms with van der Waals surface area (Å²) in [4.78, 5) is 26.1. The minimum Gasteiger partial charge on any atom is -0.318 e. The van der Waals surface area contributed by atoms with Crippen LogP contribution in [0.4, 0.5) is 24.5 Å². The van der Waals surface area contributed by atoms with Crippen molar-refractivity contribution in [1.29, 1.82) is 0 Å². The molecule has 0 unspecified atom stereocenters. The van der Waals surface area contributed by atoms with Crippen molar-refractivity contribution >= 4 is 27.3 Å². The summed E-state index contributed by atoms with van der Waals surface area (Å²) < 4.78 is 70.9. The van der Waals surface area contributed by atoms with Crippen LogP contribution in [0.5, 0.6) is 0 Å². The number of halogens is 3. The third-order valence-electron chi connectivity index (χ3n) is 6.18. The van der Waals surface area contributed by atoms with E-state index < -0.39 is 39.8 Å². The number of nitrogens with one attached hydrogen (secondary N) is 1.